The minimum absolute atomic E-state index is 0.189. The van der Waals surface area contributed by atoms with Crippen LogP contribution < -0.4 is 11.1 Å². The van der Waals surface area contributed by atoms with E-state index < -0.39 is 0 Å². The lowest BCUT2D eigenvalue weighted by molar-refractivity contribution is -0.132. The molecule has 0 radical (unpaired) electrons. The molecular weight excluding hydrogens is 466 g/mol. The van der Waals surface area contributed by atoms with Crippen molar-refractivity contribution in [3.8, 4) is 11.3 Å². The molecule has 9 nitrogen and oxygen atoms in total. The zero-order valence-corrected chi connectivity index (χ0v) is 20.7. The van der Waals surface area contributed by atoms with Gasteiger partial charge in [-0.2, -0.15) is 0 Å². The molecule has 1 aliphatic heterocycles. The summed E-state index contributed by atoms with van der Waals surface area (Å²) >= 11 is 0. The Labute approximate surface area is 214 Å². The number of rotatable bonds is 5. The van der Waals surface area contributed by atoms with Crippen LogP contribution in [0.4, 0.5) is 11.6 Å². The lowest BCUT2D eigenvalue weighted by Gasteiger charge is -2.32. The molecule has 6 rings (SSSR count). The summed E-state index contributed by atoms with van der Waals surface area (Å²) in [5, 5.41) is 2.81. The molecule has 4 heterocycles. The molecule has 3 N–H and O–H groups in total. The molecule has 0 bridgehead atoms. The van der Waals surface area contributed by atoms with Gasteiger partial charge in [0.15, 0.2) is 0 Å². The zero-order chi connectivity index (χ0) is 25.6. The Morgan fingerprint density at radius 3 is 2.57 bits per heavy atom. The number of hydrogen-bond acceptors (Lipinski definition) is 6. The van der Waals surface area contributed by atoms with Crippen LogP contribution in [0.5, 0.6) is 0 Å². The summed E-state index contributed by atoms with van der Waals surface area (Å²) in [4.78, 5) is 40.4. The number of benzene rings is 1. The minimum atomic E-state index is -0.227. The normalized spacial score (nSPS) is 18.2. The monoisotopic (exact) mass is 495 g/mol. The van der Waals surface area contributed by atoms with Crippen LogP contribution in [0, 0.1) is 5.41 Å². The summed E-state index contributed by atoms with van der Waals surface area (Å²) in [6, 6.07) is 12.7. The van der Waals surface area contributed by atoms with Gasteiger partial charge in [0.25, 0.3) is 5.91 Å². The Balaban J connectivity index is 1.27. The van der Waals surface area contributed by atoms with E-state index in [0.717, 1.165) is 55.0 Å². The summed E-state index contributed by atoms with van der Waals surface area (Å²) in [7, 11) is 0. The molecule has 1 atom stereocenters. The third-order valence-corrected chi connectivity index (χ3v) is 7.85. The van der Waals surface area contributed by atoms with Crippen molar-refractivity contribution in [2.24, 2.45) is 5.41 Å². The Hall–Kier alpha value is -4.27. The second-order valence-corrected chi connectivity index (χ2v) is 9.95. The van der Waals surface area contributed by atoms with Gasteiger partial charge in [-0.05, 0) is 48.9 Å². The number of hydrogen-bond donors (Lipinski definition) is 2. The Morgan fingerprint density at radius 1 is 1.08 bits per heavy atom. The maximum atomic E-state index is 12.7. The van der Waals surface area contributed by atoms with Gasteiger partial charge in [-0.3, -0.25) is 14.0 Å². The van der Waals surface area contributed by atoms with Crippen molar-refractivity contribution in [3.05, 3.63) is 72.4 Å². The predicted octanol–water partition coefficient (Wildman–Crippen LogP) is 4.13. The molecule has 188 valence electrons. The molecule has 4 aromatic rings. The summed E-state index contributed by atoms with van der Waals surface area (Å²) in [5.74, 6) is 2.24. The van der Waals surface area contributed by atoms with Crippen LogP contribution >= 0.6 is 0 Å². The van der Waals surface area contributed by atoms with Crippen LogP contribution in [0.1, 0.15) is 54.7 Å². The first kappa shape index (κ1) is 23.1. The van der Waals surface area contributed by atoms with Crippen molar-refractivity contribution in [2.75, 3.05) is 24.1 Å². The average molecular weight is 496 g/mol. The highest BCUT2D eigenvalue weighted by Crippen LogP contribution is 2.64. The van der Waals surface area contributed by atoms with Crippen molar-refractivity contribution in [1.29, 1.82) is 0 Å². The molecule has 2 fully saturated rings. The van der Waals surface area contributed by atoms with Crippen molar-refractivity contribution in [3.63, 3.8) is 0 Å². The quantitative estimate of drug-likeness (QED) is 0.430. The number of carbonyl (C=O) groups is 2. The molecule has 9 heteroatoms. The van der Waals surface area contributed by atoms with E-state index in [0.29, 0.717) is 29.5 Å². The second-order valence-electron chi connectivity index (χ2n) is 9.95. The molecule has 1 unspecified atom stereocenters. The third kappa shape index (κ3) is 4.10. The number of fused-ring (bicyclic) bond motifs is 1. The van der Waals surface area contributed by atoms with E-state index in [1.807, 2.05) is 36.2 Å². The van der Waals surface area contributed by atoms with Crippen LogP contribution in [-0.4, -0.2) is 49.2 Å². The van der Waals surface area contributed by atoms with E-state index in [4.69, 9.17) is 10.7 Å². The van der Waals surface area contributed by atoms with Gasteiger partial charge in [-0.15, -0.1) is 0 Å². The number of anilines is 2. The van der Waals surface area contributed by atoms with Gasteiger partial charge < -0.3 is 16.0 Å². The summed E-state index contributed by atoms with van der Waals surface area (Å²) in [5.41, 5.74) is 9.47. The Morgan fingerprint density at radius 2 is 1.86 bits per heavy atom. The Kier molecular flexibility index (Phi) is 5.62. The number of likely N-dealkylation sites (tertiary alicyclic amines) is 1. The van der Waals surface area contributed by atoms with Crippen molar-refractivity contribution >= 4 is 29.0 Å². The van der Waals surface area contributed by atoms with Gasteiger partial charge in [-0.1, -0.05) is 25.1 Å². The second kappa shape index (κ2) is 8.99. The summed E-state index contributed by atoms with van der Waals surface area (Å²) in [6.07, 6.45) is 8.88. The number of amides is 2. The maximum Gasteiger partial charge on any atom is 0.256 e. The van der Waals surface area contributed by atoms with Crippen molar-refractivity contribution in [2.45, 2.75) is 38.5 Å². The van der Waals surface area contributed by atoms with Crippen molar-refractivity contribution < 1.29 is 9.59 Å². The largest absolute Gasteiger partial charge is 0.382 e. The first-order valence-corrected chi connectivity index (χ1v) is 12.7. The molecular formula is C28H29N7O2. The predicted molar refractivity (Wildman–Crippen MR) is 141 cm³/mol. The fourth-order valence-corrected chi connectivity index (χ4v) is 5.63. The molecule has 1 aliphatic carbocycles. The van der Waals surface area contributed by atoms with Gasteiger partial charge in [0.2, 0.25) is 5.91 Å². The van der Waals surface area contributed by atoms with Gasteiger partial charge in [0.05, 0.1) is 0 Å². The van der Waals surface area contributed by atoms with E-state index in [1.165, 1.54) is 0 Å². The highest BCUT2D eigenvalue weighted by atomic mass is 16.2. The minimum Gasteiger partial charge on any atom is -0.382 e. The molecule has 1 saturated heterocycles. The van der Waals surface area contributed by atoms with Gasteiger partial charge >= 0.3 is 0 Å². The van der Waals surface area contributed by atoms with Crippen LogP contribution in [0.2, 0.25) is 0 Å². The van der Waals surface area contributed by atoms with Crippen LogP contribution in [0.25, 0.3) is 16.8 Å². The molecule has 2 amide bonds. The lowest BCUT2D eigenvalue weighted by Crippen LogP contribution is -2.39. The lowest BCUT2D eigenvalue weighted by atomic mass is 9.90. The molecule has 1 aromatic carbocycles. The number of nitrogens with one attached hydrogen (secondary N) is 1. The topological polar surface area (TPSA) is 119 Å². The standard InChI is InChI=1S/C28H29N7O2/c1-2-22(36)34-14-10-28(11-15-34)17-20(28)26-33-23(24-25(29)31-13-16-35(24)26)18-6-8-19(9-7-18)27(37)32-21-5-3-4-12-30-21/h3-9,12-13,16,20H,2,10-11,14-15,17H2,1H3,(H2,29,31)(H,30,32,37). The fourth-order valence-electron chi connectivity index (χ4n) is 5.63. The van der Waals surface area contributed by atoms with Gasteiger partial charge in [0, 0.05) is 55.1 Å². The fraction of sp³-hybridized carbons (Fsp3) is 0.321. The SMILES string of the molecule is CCC(=O)N1CCC2(CC1)CC2c1nc(-c2ccc(C(=O)Nc3ccccn3)cc2)c2c(N)nccn12. The number of imidazole rings is 1. The van der Waals surface area contributed by atoms with Crippen LogP contribution in [0.3, 0.4) is 0 Å². The number of nitrogen functional groups attached to an aromatic ring is 1. The van der Waals surface area contributed by atoms with E-state index in [1.54, 1.807) is 36.7 Å². The van der Waals surface area contributed by atoms with Gasteiger partial charge in [-0.25, -0.2) is 15.0 Å². The summed E-state index contributed by atoms with van der Waals surface area (Å²) < 4.78 is 2.07. The molecule has 1 spiro atoms. The average Bonchev–Trinajstić information content (AvgIpc) is 3.47. The number of carbonyl (C=O) groups excluding carboxylic acids is 2. The number of piperidine rings is 1. The number of nitrogens with zero attached hydrogens (tertiary/aromatic N) is 5. The van der Waals surface area contributed by atoms with E-state index in [2.05, 4.69) is 19.7 Å². The number of nitrogens with two attached hydrogens (primary N) is 1. The van der Waals surface area contributed by atoms with E-state index >= 15 is 0 Å². The highest BCUT2D eigenvalue weighted by Gasteiger charge is 2.57. The zero-order valence-electron chi connectivity index (χ0n) is 20.7. The third-order valence-electron chi connectivity index (χ3n) is 7.85. The van der Waals surface area contributed by atoms with Crippen LogP contribution in [-0.2, 0) is 4.79 Å². The molecule has 2 aliphatic rings. The molecule has 3 aromatic heterocycles. The van der Waals surface area contributed by atoms with Crippen molar-refractivity contribution in [1.82, 2.24) is 24.3 Å². The highest BCUT2D eigenvalue weighted by molar-refractivity contribution is 6.04. The van der Waals surface area contributed by atoms with E-state index in [9.17, 15) is 9.59 Å². The summed E-state index contributed by atoms with van der Waals surface area (Å²) in [6.45, 7) is 3.54. The smallest absolute Gasteiger partial charge is 0.256 e. The number of pyridine rings is 1. The Bertz CT molecular complexity index is 1470. The maximum absolute atomic E-state index is 12.7. The van der Waals surface area contributed by atoms with Crippen LogP contribution in [0.15, 0.2) is 61.1 Å². The van der Waals surface area contributed by atoms with E-state index in [-0.39, 0.29) is 17.2 Å². The first-order chi connectivity index (χ1) is 18.0. The molecule has 37 heavy (non-hydrogen) atoms. The number of aromatic nitrogens is 4. The van der Waals surface area contributed by atoms with Gasteiger partial charge in [0.1, 0.15) is 28.7 Å². The molecule has 1 saturated carbocycles. The first-order valence-electron chi connectivity index (χ1n) is 12.7.